The number of carbonyl (C=O) groups is 2. The van der Waals surface area contributed by atoms with E-state index in [1.165, 1.54) is 0 Å². The van der Waals surface area contributed by atoms with Crippen LogP contribution < -0.4 is 15.0 Å². The molecule has 0 unspecified atom stereocenters. The van der Waals surface area contributed by atoms with Crippen molar-refractivity contribution in [1.82, 2.24) is 0 Å². The molecule has 1 N–H and O–H groups in total. The predicted octanol–water partition coefficient (Wildman–Crippen LogP) is 3.44. The summed E-state index contributed by atoms with van der Waals surface area (Å²) in [5.74, 6) is 0.178. The number of hydrogen-bond donors (Lipinski definition) is 1. The van der Waals surface area contributed by atoms with Crippen LogP contribution in [0.3, 0.4) is 0 Å². The van der Waals surface area contributed by atoms with E-state index in [0.29, 0.717) is 17.0 Å². The monoisotopic (exact) mass is 336 g/mol. The highest BCUT2D eigenvalue weighted by Gasteiger charge is 2.36. The Labute approximate surface area is 146 Å². The van der Waals surface area contributed by atoms with Crippen molar-refractivity contribution in [2.75, 3.05) is 16.8 Å². The van der Waals surface area contributed by atoms with Crippen LogP contribution >= 0.6 is 0 Å². The van der Waals surface area contributed by atoms with E-state index >= 15 is 0 Å². The number of esters is 1. The second-order valence-corrected chi connectivity index (χ2v) is 6.68. The maximum atomic E-state index is 12.6. The highest BCUT2D eigenvalue weighted by atomic mass is 16.5. The van der Waals surface area contributed by atoms with Crippen LogP contribution in [0.15, 0.2) is 36.4 Å². The average molecular weight is 336 g/mol. The summed E-state index contributed by atoms with van der Waals surface area (Å²) in [4.78, 5) is 26.9. The van der Waals surface area contributed by atoms with E-state index in [9.17, 15) is 9.59 Å². The zero-order chi connectivity index (χ0) is 17.6. The van der Waals surface area contributed by atoms with E-state index in [-0.39, 0.29) is 11.9 Å². The Morgan fingerprint density at radius 2 is 1.96 bits per heavy atom. The molecular weight excluding hydrogens is 316 g/mol. The molecule has 1 atom stereocenters. The van der Waals surface area contributed by atoms with Gasteiger partial charge in [-0.1, -0.05) is 18.2 Å². The lowest BCUT2D eigenvalue weighted by molar-refractivity contribution is -0.117. The number of carbonyl (C=O) groups excluding carboxylic acids is 2. The van der Waals surface area contributed by atoms with Gasteiger partial charge in [-0.25, -0.2) is 4.79 Å². The number of nitrogens with one attached hydrogen (secondary N) is 1. The molecule has 1 amide bonds. The molecule has 2 heterocycles. The minimum atomic E-state index is -0.419. The van der Waals surface area contributed by atoms with Gasteiger partial charge in [0.15, 0.2) is 0 Å². The van der Waals surface area contributed by atoms with Crippen LogP contribution in [0.25, 0.3) is 0 Å². The molecule has 1 saturated heterocycles. The number of fused-ring (bicyclic) bond motifs is 3. The van der Waals surface area contributed by atoms with Crippen molar-refractivity contribution in [2.24, 2.45) is 0 Å². The SMILES string of the molecule is Cc1cccc(C)c1OC(=O)c1ccc2c(c1)NC(=O)[C@H]1CCCN21. The first kappa shape index (κ1) is 15.7. The minimum Gasteiger partial charge on any atom is -0.422 e. The summed E-state index contributed by atoms with van der Waals surface area (Å²) in [7, 11) is 0. The molecule has 25 heavy (non-hydrogen) atoms. The van der Waals surface area contributed by atoms with E-state index in [2.05, 4.69) is 10.2 Å². The Bertz CT molecular complexity index is 855. The van der Waals surface area contributed by atoms with E-state index in [4.69, 9.17) is 4.74 Å². The van der Waals surface area contributed by atoms with Crippen LogP contribution in [0.5, 0.6) is 5.75 Å². The van der Waals surface area contributed by atoms with Crippen LogP contribution in [-0.4, -0.2) is 24.5 Å². The third kappa shape index (κ3) is 2.65. The van der Waals surface area contributed by atoms with Crippen molar-refractivity contribution in [2.45, 2.75) is 32.7 Å². The molecule has 5 nitrogen and oxygen atoms in total. The van der Waals surface area contributed by atoms with Crippen molar-refractivity contribution in [1.29, 1.82) is 0 Å². The fourth-order valence-corrected chi connectivity index (χ4v) is 3.67. The van der Waals surface area contributed by atoms with Gasteiger partial charge in [0.2, 0.25) is 5.91 Å². The summed E-state index contributed by atoms with van der Waals surface area (Å²) < 4.78 is 5.60. The van der Waals surface area contributed by atoms with Gasteiger partial charge in [-0.15, -0.1) is 0 Å². The lowest BCUT2D eigenvalue weighted by Crippen LogP contribution is -2.43. The number of aryl methyl sites for hydroxylation is 2. The van der Waals surface area contributed by atoms with Crippen LogP contribution in [0.2, 0.25) is 0 Å². The summed E-state index contributed by atoms with van der Waals surface area (Å²) in [5, 5.41) is 2.92. The van der Waals surface area contributed by atoms with Gasteiger partial charge in [-0.05, 0) is 56.0 Å². The number of nitrogens with zero attached hydrogens (tertiary/aromatic N) is 1. The number of ether oxygens (including phenoxy) is 1. The van der Waals surface area contributed by atoms with Gasteiger partial charge in [0.05, 0.1) is 16.9 Å². The molecule has 2 aliphatic heterocycles. The maximum absolute atomic E-state index is 12.6. The van der Waals surface area contributed by atoms with Crippen molar-refractivity contribution < 1.29 is 14.3 Å². The predicted molar refractivity (Wildman–Crippen MR) is 96.3 cm³/mol. The fourth-order valence-electron chi connectivity index (χ4n) is 3.67. The van der Waals surface area contributed by atoms with E-state index in [0.717, 1.165) is 36.2 Å². The second-order valence-electron chi connectivity index (χ2n) is 6.68. The molecular formula is C20H20N2O3. The van der Waals surface area contributed by atoms with Gasteiger partial charge in [-0.2, -0.15) is 0 Å². The number of amides is 1. The van der Waals surface area contributed by atoms with E-state index in [1.807, 2.05) is 38.1 Å². The van der Waals surface area contributed by atoms with Crippen molar-refractivity contribution in [3.8, 4) is 5.75 Å². The third-order valence-electron chi connectivity index (χ3n) is 4.96. The first-order valence-electron chi connectivity index (χ1n) is 8.54. The molecule has 0 bridgehead atoms. The Balaban J connectivity index is 1.63. The summed E-state index contributed by atoms with van der Waals surface area (Å²) in [5.41, 5.74) is 3.92. The molecule has 5 heteroatoms. The molecule has 0 spiro atoms. The quantitative estimate of drug-likeness (QED) is 0.674. The molecule has 0 aliphatic carbocycles. The number of rotatable bonds is 2. The molecule has 4 rings (SSSR count). The smallest absolute Gasteiger partial charge is 0.343 e. The van der Waals surface area contributed by atoms with E-state index in [1.54, 1.807) is 12.1 Å². The normalized spacial score (nSPS) is 18.4. The van der Waals surface area contributed by atoms with Crippen LogP contribution in [-0.2, 0) is 4.79 Å². The second kappa shape index (κ2) is 5.92. The van der Waals surface area contributed by atoms with Gasteiger partial charge in [-0.3, -0.25) is 4.79 Å². The zero-order valence-electron chi connectivity index (χ0n) is 14.3. The van der Waals surface area contributed by atoms with E-state index < -0.39 is 5.97 Å². The van der Waals surface area contributed by atoms with Crippen LogP contribution in [0.4, 0.5) is 11.4 Å². The molecule has 0 aromatic heterocycles. The van der Waals surface area contributed by atoms with Gasteiger partial charge in [0.25, 0.3) is 0 Å². The van der Waals surface area contributed by atoms with Gasteiger partial charge in [0.1, 0.15) is 11.8 Å². The molecule has 2 aliphatic rings. The van der Waals surface area contributed by atoms with Crippen LogP contribution in [0, 0.1) is 13.8 Å². The summed E-state index contributed by atoms with van der Waals surface area (Å²) in [6.45, 7) is 4.70. The number of benzene rings is 2. The first-order chi connectivity index (χ1) is 12.0. The molecule has 0 radical (unpaired) electrons. The minimum absolute atomic E-state index is 0.00488. The molecule has 128 valence electrons. The zero-order valence-corrected chi connectivity index (χ0v) is 14.3. The van der Waals surface area contributed by atoms with Crippen molar-refractivity contribution >= 4 is 23.3 Å². The largest absolute Gasteiger partial charge is 0.422 e. The Kier molecular flexibility index (Phi) is 3.71. The molecule has 0 saturated carbocycles. The Hall–Kier alpha value is -2.82. The lowest BCUT2D eigenvalue weighted by atomic mass is 10.1. The average Bonchev–Trinajstić information content (AvgIpc) is 3.08. The Morgan fingerprint density at radius 1 is 1.20 bits per heavy atom. The van der Waals surface area contributed by atoms with Gasteiger partial charge >= 0.3 is 5.97 Å². The highest BCUT2D eigenvalue weighted by molar-refractivity contribution is 6.05. The molecule has 2 aromatic rings. The summed E-state index contributed by atoms with van der Waals surface area (Å²) >= 11 is 0. The number of anilines is 2. The molecule has 2 aromatic carbocycles. The van der Waals surface area contributed by atoms with Gasteiger partial charge in [0, 0.05) is 6.54 Å². The fraction of sp³-hybridized carbons (Fsp3) is 0.300. The van der Waals surface area contributed by atoms with Crippen molar-refractivity contribution in [3.63, 3.8) is 0 Å². The summed E-state index contributed by atoms with van der Waals surface area (Å²) in [6.07, 6.45) is 1.88. The summed E-state index contributed by atoms with van der Waals surface area (Å²) in [6, 6.07) is 11.0. The third-order valence-corrected chi connectivity index (χ3v) is 4.96. The first-order valence-corrected chi connectivity index (χ1v) is 8.54. The topological polar surface area (TPSA) is 58.6 Å². The highest BCUT2D eigenvalue weighted by Crippen LogP contribution is 2.37. The standard InChI is InChI=1S/C20H20N2O3/c1-12-5-3-6-13(2)18(12)25-20(24)14-8-9-16-15(11-14)21-19(23)17-7-4-10-22(16)17/h3,5-6,8-9,11,17H,4,7,10H2,1-2H3,(H,21,23)/t17-/m1/s1. The van der Waals surface area contributed by atoms with Gasteiger partial charge < -0.3 is 15.0 Å². The number of para-hydroxylation sites is 1. The van der Waals surface area contributed by atoms with Crippen molar-refractivity contribution in [3.05, 3.63) is 53.1 Å². The lowest BCUT2D eigenvalue weighted by Gasteiger charge is -2.33. The molecule has 1 fully saturated rings. The maximum Gasteiger partial charge on any atom is 0.343 e. The Morgan fingerprint density at radius 3 is 2.72 bits per heavy atom. The van der Waals surface area contributed by atoms with Crippen LogP contribution in [0.1, 0.15) is 34.3 Å². The number of hydrogen-bond acceptors (Lipinski definition) is 4.